The van der Waals surface area contributed by atoms with Crippen LogP contribution in [-0.4, -0.2) is 20.6 Å². The number of rotatable bonds is 6. The summed E-state index contributed by atoms with van der Waals surface area (Å²) in [5.74, 6) is 0.963. The first-order valence-electron chi connectivity index (χ1n) is 4.89. The van der Waals surface area contributed by atoms with E-state index in [1.807, 2.05) is 0 Å². The summed E-state index contributed by atoms with van der Waals surface area (Å²) >= 11 is 0. The van der Waals surface area contributed by atoms with Gasteiger partial charge in [0.2, 0.25) is 0 Å². The Morgan fingerprint density at radius 2 is 1.67 bits per heavy atom. The molecule has 0 fully saturated rings. The summed E-state index contributed by atoms with van der Waals surface area (Å²) in [6.45, 7) is 9.27. The normalized spacial score (nSPS) is 16.4. The lowest BCUT2D eigenvalue weighted by Gasteiger charge is -2.15. The Balaban J connectivity index is 3.27. The van der Waals surface area contributed by atoms with E-state index < -0.39 is 0 Å². The first-order valence-corrected chi connectivity index (χ1v) is 4.89. The Morgan fingerprint density at radius 1 is 1.08 bits per heavy atom. The van der Waals surface area contributed by atoms with Crippen molar-refractivity contribution in [3.63, 3.8) is 0 Å². The lowest BCUT2D eigenvalue weighted by Crippen LogP contribution is -2.11. The standard InChI is InChI=1S/C10H21BO/c1-8(2)12-7-9(3)5-6-10(4)11/h8-10H,5-7H2,1-4H3. The summed E-state index contributed by atoms with van der Waals surface area (Å²) in [7, 11) is 5.66. The molecule has 0 bridgehead atoms. The van der Waals surface area contributed by atoms with Crippen molar-refractivity contribution in [1.29, 1.82) is 0 Å². The predicted octanol–water partition coefficient (Wildman–Crippen LogP) is 2.80. The minimum absolute atomic E-state index is 0.325. The van der Waals surface area contributed by atoms with Crippen LogP contribution in [0.3, 0.4) is 0 Å². The van der Waals surface area contributed by atoms with E-state index in [0.717, 1.165) is 13.0 Å². The van der Waals surface area contributed by atoms with Crippen LogP contribution in [0.4, 0.5) is 0 Å². The first-order chi connectivity index (χ1) is 5.52. The van der Waals surface area contributed by atoms with E-state index in [2.05, 4.69) is 27.7 Å². The SMILES string of the molecule is [B]C(C)CCC(C)COC(C)C. The fourth-order valence-corrected chi connectivity index (χ4v) is 0.987. The van der Waals surface area contributed by atoms with Crippen LogP contribution < -0.4 is 0 Å². The van der Waals surface area contributed by atoms with Gasteiger partial charge in [-0.3, -0.25) is 0 Å². The molecule has 0 aliphatic heterocycles. The monoisotopic (exact) mass is 168 g/mol. The lowest BCUT2D eigenvalue weighted by atomic mass is 9.83. The molecule has 0 amide bonds. The number of ether oxygens (including phenoxy) is 1. The van der Waals surface area contributed by atoms with Crippen LogP contribution in [0.5, 0.6) is 0 Å². The highest BCUT2D eigenvalue weighted by atomic mass is 16.5. The zero-order valence-electron chi connectivity index (χ0n) is 8.84. The highest BCUT2D eigenvalue weighted by molar-refractivity contribution is 6.11. The maximum Gasteiger partial charge on any atom is 0.0695 e. The molecule has 0 saturated heterocycles. The molecule has 2 atom stereocenters. The van der Waals surface area contributed by atoms with Crippen molar-refractivity contribution in [2.45, 2.75) is 52.5 Å². The van der Waals surface area contributed by atoms with Crippen molar-refractivity contribution >= 4 is 7.85 Å². The highest BCUT2D eigenvalue weighted by Gasteiger charge is 2.04. The maximum atomic E-state index is 5.66. The maximum absolute atomic E-state index is 5.66. The molecule has 0 N–H and O–H groups in total. The highest BCUT2D eigenvalue weighted by Crippen LogP contribution is 2.14. The quantitative estimate of drug-likeness (QED) is 0.554. The minimum atomic E-state index is 0.325. The van der Waals surface area contributed by atoms with E-state index in [-0.39, 0.29) is 0 Å². The molecule has 0 aromatic carbocycles. The van der Waals surface area contributed by atoms with Crippen LogP contribution >= 0.6 is 0 Å². The molecule has 2 heteroatoms. The third-order valence-corrected chi connectivity index (χ3v) is 1.83. The van der Waals surface area contributed by atoms with Gasteiger partial charge in [-0.1, -0.05) is 26.1 Å². The Bertz CT molecular complexity index is 90.0. The molecule has 0 spiro atoms. The zero-order valence-corrected chi connectivity index (χ0v) is 8.84. The Hall–Kier alpha value is 0.0249. The summed E-state index contributed by atoms with van der Waals surface area (Å²) in [5, 5.41) is 0. The molecule has 0 aliphatic carbocycles. The van der Waals surface area contributed by atoms with Crippen LogP contribution in [0, 0.1) is 5.92 Å². The van der Waals surface area contributed by atoms with Crippen LogP contribution in [-0.2, 0) is 4.74 Å². The minimum Gasteiger partial charge on any atom is -0.379 e. The number of hydrogen-bond donors (Lipinski definition) is 0. The van der Waals surface area contributed by atoms with Crippen LogP contribution in [0.25, 0.3) is 0 Å². The molecule has 1 nitrogen and oxygen atoms in total. The summed E-state index contributed by atoms with van der Waals surface area (Å²) in [6.07, 6.45) is 2.62. The largest absolute Gasteiger partial charge is 0.379 e. The second kappa shape index (κ2) is 6.53. The Kier molecular flexibility index (Phi) is 6.54. The van der Waals surface area contributed by atoms with Gasteiger partial charge in [-0.15, -0.1) is 0 Å². The van der Waals surface area contributed by atoms with E-state index in [1.165, 1.54) is 6.42 Å². The number of hydrogen-bond acceptors (Lipinski definition) is 1. The molecule has 0 aromatic heterocycles. The lowest BCUT2D eigenvalue weighted by molar-refractivity contribution is 0.0529. The van der Waals surface area contributed by atoms with Gasteiger partial charge in [0.25, 0.3) is 0 Å². The van der Waals surface area contributed by atoms with Crippen LogP contribution in [0.1, 0.15) is 40.5 Å². The van der Waals surface area contributed by atoms with Gasteiger partial charge in [0.15, 0.2) is 0 Å². The van der Waals surface area contributed by atoms with Gasteiger partial charge in [-0.25, -0.2) is 0 Å². The van der Waals surface area contributed by atoms with Gasteiger partial charge < -0.3 is 4.74 Å². The third kappa shape index (κ3) is 8.12. The van der Waals surface area contributed by atoms with E-state index in [0.29, 0.717) is 17.8 Å². The molecule has 0 aliphatic rings. The van der Waals surface area contributed by atoms with Gasteiger partial charge >= 0.3 is 0 Å². The molecule has 70 valence electrons. The average Bonchev–Trinajstić information content (AvgIpc) is 1.96. The smallest absolute Gasteiger partial charge is 0.0695 e. The average molecular weight is 168 g/mol. The molecule has 0 heterocycles. The topological polar surface area (TPSA) is 9.23 Å². The molecule has 12 heavy (non-hydrogen) atoms. The van der Waals surface area contributed by atoms with E-state index in [9.17, 15) is 0 Å². The predicted molar refractivity (Wildman–Crippen MR) is 54.7 cm³/mol. The van der Waals surface area contributed by atoms with Gasteiger partial charge in [0, 0.05) is 6.61 Å². The van der Waals surface area contributed by atoms with E-state index in [4.69, 9.17) is 12.6 Å². The second-order valence-electron chi connectivity index (χ2n) is 4.04. The fourth-order valence-electron chi connectivity index (χ4n) is 0.987. The van der Waals surface area contributed by atoms with Crippen LogP contribution in [0.2, 0.25) is 5.82 Å². The van der Waals surface area contributed by atoms with Crippen molar-refractivity contribution in [3.05, 3.63) is 0 Å². The summed E-state index contributed by atoms with van der Waals surface area (Å²) < 4.78 is 5.50. The van der Waals surface area contributed by atoms with Gasteiger partial charge in [0.1, 0.15) is 0 Å². The van der Waals surface area contributed by atoms with Crippen molar-refractivity contribution in [3.8, 4) is 0 Å². The fraction of sp³-hybridized carbons (Fsp3) is 1.00. The van der Waals surface area contributed by atoms with Crippen molar-refractivity contribution in [2.75, 3.05) is 6.61 Å². The molecular weight excluding hydrogens is 147 g/mol. The molecular formula is C10H21BO. The van der Waals surface area contributed by atoms with Crippen molar-refractivity contribution in [1.82, 2.24) is 0 Å². The second-order valence-corrected chi connectivity index (χ2v) is 4.04. The Labute approximate surface area is 78.3 Å². The molecule has 0 aromatic rings. The van der Waals surface area contributed by atoms with Crippen molar-refractivity contribution < 1.29 is 4.74 Å². The zero-order chi connectivity index (χ0) is 9.56. The molecule has 2 radical (unpaired) electrons. The van der Waals surface area contributed by atoms with Gasteiger partial charge in [-0.05, 0) is 26.2 Å². The van der Waals surface area contributed by atoms with Gasteiger partial charge in [-0.2, -0.15) is 0 Å². The molecule has 0 rings (SSSR count). The first kappa shape index (κ1) is 12.0. The van der Waals surface area contributed by atoms with Crippen LogP contribution in [0.15, 0.2) is 0 Å². The summed E-state index contributed by atoms with van der Waals surface area (Å²) in [4.78, 5) is 0. The van der Waals surface area contributed by atoms with Crippen molar-refractivity contribution in [2.24, 2.45) is 5.92 Å². The Morgan fingerprint density at radius 3 is 2.08 bits per heavy atom. The third-order valence-electron chi connectivity index (χ3n) is 1.83. The van der Waals surface area contributed by atoms with E-state index in [1.54, 1.807) is 0 Å². The molecule has 0 saturated carbocycles. The van der Waals surface area contributed by atoms with E-state index >= 15 is 0 Å². The van der Waals surface area contributed by atoms with Gasteiger partial charge in [0.05, 0.1) is 14.0 Å². The summed E-state index contributed by atoms with van der Waals surface area (Å²) in [5.41, 5.74) is 0. The molecule has 2 unspecified atom stereocenters. The summed E-state index contributed by atoms with van der Waals surface area (Å²) in [6, 6.07) is 0.